The third-order valence-electron chi connectivity index (χ3n) is 11.7. The van der Waals surface area contributed by atoms with Crippen molar-refractivity contribution in [3.8, 4) is 28.6 Å². The number of piperazine rings is 1. The first-order valence-electron chi connectivity index (χ1n) is 19.0. The first kappa shape index (κ1) is 37.4. The van der Waals surface area contributed by atoms with Crippen molar-refractivity contribution in [1.29, 1.82) is 0 Å². The van der Waals surface area contributed by atoms with Gasteiger partial charge in [-0.2, -0.15) is 0 Å². The SMILES string of the molecule is CSc1nc2c3c(nc(-c4cccc5cccc(C#C[Si](C(C)C)(C(C)C)C(C)C)c45)c(F)c3n1)O[C@@H](C)[C@@H]1[C@@H]3CC[C@H](CN21)N3C(=O)OC(C)(C)C. The first-order chi connectivity index (χ1) is 25.1. The third-order valence-corrected chi connectivity index (χ3v) is 18.5. The lowest BCUT2D eigenvalue weighted by Crippen LogP contribution is -2.65. The number of halogens is 1. The summed E-state index contributed by atoms with van der Waals surface area (Å²) in [6.07, 6.45) is 2.83. The molecule has 2 aromatic carbocycles. The molecule has 11 heteroatoms. The van der Waals surface area contributed by atoms with Gasteiger partial charge in [-0.05, 0) is 74.9 Å². The molecule has 3 aliphatic rings. The number of hydrogen-bond acceptors (Lipinski definition) is 8. The number of hydrogen-bond donors (Lipinski definition) is 0. The number of nitrogens with zero attached hydrogens (tertiary/aromatic N) is 5. The molecule has 53 heavy (non-hydrogen) atoms. The monoisotopic (exact) mass is 753 g/mol. The topological polar surface area (TPSA) is 80.7 Å². The highest BCUT2D eigenvalue weighted by Crippen LogP contribution is 2.47. The van der Waals surface area contributed by atoms with E-state index in [2.05, 4.69) is 57.9 Å². The van der Waals surface area contributed by atoms with Crippen molar-refractivity contribution in [2.24, 2.45) is 0 Å². The molecule has 2 fully saturated rings. The van der Waals surface area contributed by atoms with Crippen molar-refractivity contribution in [1.82, 2.24) is 19.9 Å². The predicted molar refractivity (Wildman–Crippen MR) is 216 cm³/mol. The van der Waals surface area contributed by atoms with E-state index >= 15 is 4.39 Å². The van der Waals surface area contributed by atoms with Gasteiger partial charge in [0.25, 0.3) is 0 Å². The maximum Gasteiger partial charge on any atom is 0.410 e. The quantitative estimate of drug-likeness (QED) is 0.0863. The number of fused-ring (bicyclic) bond motifs is 6. The van der Waals surface area contributed by atoms with E-state index in [4.69, 9.17) is 24.4 Å². The van der Waals surface area contributed by atoms with Crippen molar-refractivity contribution in [3.63, 3.8) is 0 Å². The second-order valence-electron chi connectivity index (χ2n) is 16.8. The van der Waals surface area contributed by atoms with E-state index in [0.29, 0.717) is 51.0 Å². The van der Waals surface area contributed by atoms with Crippen LogP contribution in [0, 0.1) is 17.3 Å². The van der Waals surface area contributed by atoms with E-state index in [9.17, 15) is 4.79 Å². The standard InChI is InChI=1S/C42H52FN5O3SSi/c1-23(2)53(24(3)4,25(5)6)21-20-28-15-12-14-27-16-13-17-30(32(27)28)35-34(43)36-33-38(46-40(45-36)52-11)47-22-29-18-19-31(37(47)26(7)50-39(33)44-35)48(29)41(49)51-42(8,9)10/h12-17,23-26,29,31,37H,18-19,22H2,1-11H3/t26-,29+,31-,37+/m0/s1. The molecule has 4 aromatic rings. The highest BCUT2D eigenvalue weighted by molar-refractivity contribution is 7.98. The van der Waals surface area contributed by atoms with Crippen molar-refractivity contribution >= 4 is 53.4 Å². The highest BCUT2D eigenvalue weighted by Gasteiger charge is 2.54. The lowest BCUT2D eigenvalue weighted by atomic mass is 9.96. The molecule has 0 spiro atoms. The molecule has 5 heterocycles. The molecule has 2 saturated heterocycles. The molecule has 2 aromatic heterocycles. The van der Waals surface area contributed by atoms with Gasteiger partial charge in [0.05, 0.1) is 18.1 Å². The van der Waals surface area contributed by atoms with Crippen LogP contribution in [-0.4, -0.2) is 76.7 Å². The van der Waals surface area contributed by atoms with Crippen LogP contribution in [-0.2, 0) is 4.74 Å². The molecule has 0 N–H and O–H groups in total. The number of pyridine rings is 1. The zero-order valence-electron chi connectivity index (χ0n) is 32.9. The highest BCUT2D eigenvalue weighted by atomic mass is 32.2. The van der Waals surface area contributed by atoms with E-state index in [1.165, 1.54) is 11.8 Å². The molecule has 7 rings (SSSR count). The van der Waals surface area contributed by atoms with Gasteiger partial charge in [0.15, 0.2) is 11.0 Å². The average Bonchev–Trinajstić information content (AvgIpc) is 3.34. The maximum absolute atomic E-state index is 17.4. The molecular weight excluding hydrogens is 702 g/mol. The molecule has 2 bridgehead atoms. The molecule has 1 amide bonds. The van der Waals surface area contributed by atoms with Crippen LogP contribution in [0.5, 0.6) is 5.88 Å². The van der Waals surface area contributed by atoms with Crippen LogP contribution in [0.3, 0.4) is 0 Å². The van der Waals surface area contributed by atoms with Gasteiger partial charge in [0.1, 0.15) is 42.2 Å². The van der Waals surface area contributed by atoms with Crippen LogP contribution >= 0.6 is 11.8 Å². The second kappa shape index (κ2) is 13.8. The van der Waals surface area contributed by atoms with Gasteiger partial charge in [0.2, 0.25) is 5.88 Å². The zero-order chi connectivity index (χ0) is 38.1. The number of carbonyl (C=O) groups is 1. The van der Waals surface area contributed by atoms with Gasteiger partial charge in [-0.3, -0.25) is 4.90 Å². The number of rotatable bonds is 5. The molecule has 0 saturated carbocycles. The fourth-order valence-electron chi connectivity index (χ4n) is 9.54. The lowest BCUT2D eigenvalue weighted by Gasteiger charge is -2.48. The minimum absolute atomic E-state index is 0.0706. The molecule has 0 aliphatic carbocycles. The summed E-state index contributed by atoms with van der Waals surface area (Å²) in [5, 5.41) is 2.76. The molecular formula is C42H52FN5O3SSi. The third kappa shape index (κ3) is 6.23. The van der Waals surface area contributed by atoms with Gasteiger partial charge < -0.3 is 14.4 Å². The van der Waals surface area contributed by atoms with E-state index < -0.39 is 25.6 Å². The Hall–Kier alpha value is -3.88. The molecule has 4 atom stereocenters. The van der Waals surface area contributed by atoms with Crippen LogP contribution < -0.4 is 9.64 Å². The predicted octanol–water partition coefficient (Wildman–Crippen LogP) is 10.0. The van der Waals surface area contributed by atoms with Crippen molar-refractivity contribution < 1.29 is 18.7 Å². The fraction of sp³-hybridized carbons (Fsp3) is 0.524. The van der Waals surface area contributed by atoms with Gasteiger partial charge in [-0.15, -0.1) is 5.54 Å². The van der Waals surface area contributed by atoms with Gasteiger partial charge in [-0.1, -0.05) is 89.6 Å². The Morgan fingerprint density at radius 3 is 2.32 bits per heavy atom. The van der Waals surface area contributed by atoms with Gasteiger partial charge in [0, 0.05) is 23.1 Å². The normalized spacial score (nSPS) is 21.2. The van der Waals surface area contributed by atoms with E-state index in [0.717, 1.165) is 29.2 Å². The number of ether oxygens (including phenoxy) is 2. The summed E-state index contributed by atoms with van der Waals surface area (Å²) in [7, 11) is -2.05. The number of thioether (sulfide) groups is 1. The Morgan fingerprint density at radius 2 is 1.68 bits per heavy atom. The van der Waals surface area contributed by atoms with Crippen molar-refractivity contribution in [2.45, 2.75) is 134 Å². The van der Waals surface area contributed by atoms with Crippen molar-refractivity contribution in [2.75, 3.05) is 17.7 Å². The summed E-state index contributed by atoms with van der Waals surface area (Å²) in [4.78, 5) is 32.5. The van der Waals surface area contributed by atoms with Gasteiger partial charge in [-0.25, -0.2) is 24.1 Å². The molecule has 0 radical (unpaired) electrons. The fourth-order valence-corrected chi connectivity index (χ4v) is 15.1. The molecule has 8 nitrogen and oxygen atoms in total. The average molecular weight is 754 g/mol. The Bertz CT molecular complexity index is 2130. The minimum Gasteiger partial charge on any atom is -0.472 e. The maximum atomic E-state index is 17.4. The Balaban J connectivity index is 1.41. The largest absolute Gasteiger partial charge is 0.472 e. The summed E-state index contributed by atoms with van der Waals surface area (Å²) < 4.78 is 30.0. The summed E-state index contributed by atoms with van der Waals surface area (Å²) in [5.74, 6) is 4.04. The summed E-state index contributed by atoms with van der Waals surface area (Å²) in [5.41, 5.74) is 6.56. The Morgan fingerprint density at radius 1 is 1.00 bits per heavy atom. The van der Waals surface area contributed by atoms with Crippen LogP contribution in [0.1, 0.15) is 87.6 Å². The molecule has 0 unspecified atom stereocenters. The summed E-state index contributed by atoms with van der Waals surface area (Å²) >= 11 is 1.37. The number of carbonyl (C=O) groups excluding carboxylic acids is 1. The lowest BCUT2D eigenvalue weighted by molar-refractivity contribution is 0.000950. The number of anilines is 1. The number of aromatic nitrogens is 3. The number of amides is 1. The van der Waals surface area contributed by atoms with E-state index in [1.807, 2.05) is 75.2 Å². The Labute approximate surface area is 318 Å². The van der Waals surface area contributed by atoms with Crippen LogP contribution in [0.25, 0.3) is 32.9 Å². The van der Waals surface area contributed by atoms with Crippen LogP contribution in [0.15, 0.2) is 41.6 Å². The second-order valence-corrected chi connectivity index (χ2v) is 23.2. The Kier molecular flexibility index (Phi) is 9.72. The smallest absolute Gasteiger partial charge is 0.410 e. The molecule has 3 aliphatic heterocycles. The molecule has 280 valence electrons. The minimum atomic E-state index is -2.05. The first-order valence-corrected chi connectivity index (χ1v) is 22.5. The van der Waals surface area contributed by atoms with Gasteiger partial charge >= 0.3 is 6.09 Å². The number of benzene rings is 2. The van der Waals surface area contributed by atoms with Crippen molar-refractivity contribution in [3.05, 3.63) is 47.8 Å². The van der Waals surface area contributed by atoms with Crippen LogP contribution in [0.2, 0.25) is 16.6 Å². The van der Waals surface area contributed by atoms with Crippen LogP contribution in [0.4, 0.5) is 15.0 Å². The van der Waals surface area contributed by atoms with E-state index in [1.54, 1.807) is 0 Å². The van der Waals surface area contributed by atoms with E-state index in [-0.39, 0.29) is 35.4 Å². The summed E-state index contributed by atoms with van der Waals surface area (Å²) in [6.45, 7) is 22.1. The zero-order valence-corrected chi connectivity index (χ0v) is 34.7. The summed E-state index contributed by atoms with van der Waals surface area (Å²) in [6, 6.07) is 11.5.